The van der Waals surface area contributed by atoms with E-state index in [0.717, 1.165) is 46.9 Å². The number of nitrogens with two attached hydrogens (primary N) is 1. The van der Waals surface area contributed by atoms with Gasteiger partial charge in [-0.3, -0.25) is 4.79 Å². The molecule has 6 nitrogen and oxygen atoms in total. The van der Waals surface area contributed by atoms with Crippen LogP contribution >= 0.6 is 57.7 Å². The van der Waals surface area contributed by atoms with E-state index in [-0.39, 0.29) is 30.5 Å². The van der Waals surface area contributed by atoms with Crippen molar-refractivity contribution in [3.63, 3.8) is 0 Å². The summed E-state index contributed by atoms with van der Waals surface area (Å²) in [6.07, 6.45) is 5.17. The molecule has 1 aliphatic carbocycles. The van der Waals surface area contributed by atoms with E-state index in [9.17, 15) is 4.79 Å². The third-order valence-corrected chi connectivity index (χ3v) is 9.61. The number of halogens is 4. The van der Waals surface area contributed by atoms with Gasteiger partial charge >= 0.3 is 0 Å². The van der Waals surface area contributed by atoms with Gasteiger partial charge in [0.05, 0.1) is 32.6 Å². The number of benzene rings is 2. The van der Waals surface area contributed by atoms with Crippen molar-refractivity contribution in [2.75, 3.05) is 24.5 Å². The van der Waals surface area contributed by atoms with E-state index >= 15 is 0 Å². The number of hydrogen-bond acceptors (Lipinski definition) is 6. The van der Waals surface area contributed by atoms with Gasteiger partial charge in [-0.2, -0.15) is 0 Å². The van der Waals surface area contributed by atoms with Crippen LogP contribution in [0, 0.1) is 12.8 Å². The van der Waals surface area contributed by atoms with Crippen molar-refractivity contribution in [1.29, 1.82) is 0 Å². The number of hydrogen-bond donors (Lipinski definition) is 1. The normalized spacial score (nSPS) is 17.9. The van der Waals surface area contributed by atoms with Crippen LogP contribution in [0.2, 0.25) is 20.1 Å². The summed E-state index contributed by atoms with van der Waals surface area (Å²) < 4.78 is 6.17. The Labute approximate surface area is 252 Å². The Hall–Kier alpha value is -1.74. The van der Waals surface area contributed by atoms with E-state index < -0.39 is 0 Å². The van der Waals surface area contributed by atoms with E-state index in [2.05, 4.69) is 9.88 Å². The Balaban J connectivity index is 1.22. The van der Waals surface area contributed by atoms with Gasteiger partial charge in [0, 0.05) is 43.2 Å². The maximum atomic E-state index is 13.6. The highest BCUT2D eigenvalue weighted by atomic mass is 35.5. The van der Waals surface area contributed by atoms with Crippen LogP contribution in [0.15, 0.2) is 36.5 Å². The van der Waals surface area contributed by atoms with E-state index in [4.69, 9.17) is 56.9 Å². The number of nitrogens with zero attached hydrogens (tertiary/aromatic N) is 3. The second-order valence-electron chi connectivity index (χ2n) is 10.2. The van der Waals surface area contributed by atoms with Crippen molar-refractivity contribution in [3.8, 4) is 5.75 Å². The van der Waals surface area contributed by atoms with Gasteiger partial charge in [0.15, 0.2) is 10.9 Å². The van der Waals surface area contributed by atoms with Crippen molar-refractivity contribution in [2.45, 2.75) is 51.3 Å². The molecule has 2 aromatic carbocycles. The van der Waals surface area contributed by atoms with Crippen molar-refractivity contribution in [3.05, 3.63) is 72.6 Å². The maximum absolute atomic E-state index is 13.6. The van der Waals surface area contributed by atoms with Crippen molar-refractivity contribution in [1.82, 2.24) is 9.88 Å². The van der Waals surface area contributed by atoms with Gasteiger partial charge in [-0.15, -0.1) is 11.3 Å². The maximum Gasteiger partial charge on any atom is 0.227 e. The molecule has 1 saturated carbocycles. The lowest BCUT2D eigenvalue weighted by atomic mass is 10.0. The zero-order valence-corrected chi connectivity index (χ0v) is 25.3. The second kappa shape index (κ2) is 12.4. The molecule has 2 atom stereocenters. The molecule has 2 unspecified atom stereocenters. The molecule has 5 rings (SSSR count). The lowest BCUT2D eigenvalue weighted by Gasteiger charge is -2.27. The molecular formula is C28H30Cl4N4O2S. The first-order valence-electron chi connectivity index (χ1n) is 13.0. The van der Waals surface area contributed by atoms with E-state index in [1.54, 1.807) is 17.4 Å². The highest BCUT2D eigenvalue weighted by Gasteiger charge is 2.36. The number of thiazole rings is 1. The Morgan fingerprint density at radius 1 is 1.18 bits per heavy atom. The minimum atomic E-state index is -0.336. The lowest BCUT2D eigenvalue weighted by Crippen LogP contribution is -2.41. The molecule has 39 heavy (non-hydrogen) atoms. The van der Waals surface area contributed by atoms with Gasteiger partial charge in [0.25, 0.3) is 0 Å². The first kappa shape index (κ1) is 28.8. The molecule has 3 aromatic rings. The van der Waals surface area contributed by atoms with E-state index in [1.807, 2.05) is 42.3 Å². The van der Waals surface area contributed by atoms with Gasteiger partial charge in [-0.1, -0.05) is 58.5 Å². The summed E-state index contributed by atoms with van der Waals surface area (Å²) in [6, 6.07) is 9.45. The molecule has 1 saturated heterocycles. The van der Waals surface area contributed by atoms with Gasteiger partial charge in [-0.05, 0) is 55.5 Å². The summed E-state index contributed by atoms with van der Waals surface area (Å²) >= 11 is 27.0. The summed E-state index contributed by atoms with van der Waals surface area (Å²) in [4.78, 5) is 23.4. The Bertz CT molecular complexity index is 1330. The van der Waals surface area contributed by atoms with E-state index in [1.165, 1.54) is 0 Å². The molecule has 1 aliphatic heterocycles. The van der Waals surface area contributed by atoms with Crippen molar-refractivity contribution >= 4 is 68.8 Å². The third kappa shape index (κ3) is 6.77. The molecule has 11 heteroatoms. The van der Waals surface area contributed by atoms with Gasteiger partial charge in [0.2, 0.25) is 5.91 Å². The number of carbonyl (C=O) groups excluding carboxylic acids is 1. The molecule has 2 N–H and O–H groups in total. The van der Waals surface area contributed by atoms with Crippen LogP contribution in [0.1, 0.15) is 35.3 Å². The fraction of sp³-hybridized carbons (Fsp3) is 0.429. The largest absolute Gasteiger partial charge is 0.485 e. The smallest absolute Gasteiger partial charge is 0.227 e. The SMILES string of the molecule is Cc1cc(Cl)c(OC2CCN(c3ncc(CC(CN)C(=O)N(Cc4cccc(Cl)c4Cl)C4CC4)s3)C2)c(Cl)c1. The molecule has 2 fully saturated rings. The van der Waals surface area contributed by atoms with Crippen LogP contribution in [0.5, 0.6) is 5.75 Å². The topological polar surface area (TPSA) is 71.7 Å². The van der Waals surface area contributed by atoms with Gasteiger partial charge in [-0.25, -0.2) is 4.98 Å². The molecule has 2 heterocycles. The summed E-state index contributed by atoms with van der Waals surface area (Å²) in [6.45, 7) is 4.13. The standard InChI is InChI=1S/C28H30Cl4N4O2S/c1-16-9-23(30)26(24(31)10-16)38-20-7-8-35(15-20)28-34-13-21(39-28)11-18(12-33)27(37)36(19-5-6-19)14-17-3-2-4-22(29)25(17)32/h2-4,9-10,13,18-20H,5-8,11-12,14-15,33H2,1H3. The summed E-state index contributed by atoms with van der Waals surface area (Å²) in [5.74, 6) is 0.240. The molecule has 1 amide bonds. The molecule has 0 spiro atoms. The quantitative estimate of drug-likeness (QED) is 0.261. The minimum absolute atomic E-state index is 0.0427. The number of anilines is 1. The fourth-order valence-corrected chi connectivity index (χ4v) is 6.97. The highest BCUT2D eigenvalue weighted by molar-refractivity contribution is 7.15. The van der Waals surface area contributed by atoms with Crippen molar-refractivity contribution < 1.29 is 9.53 Å². The average molecular weight is 628 g/mol. The summed E-state index contributed by atoms with van der Waals surface area (Å²) in [7, 11) is 0. The van der Waals surface area contributed by atoms with E-state index in [0.29, 0.717) is 45.4 Å². The molecule has 1 aromatic heterocycles. The van der Waals surface area contributed by atoms with Crippen LogP contribution < -0.4 is 15.4 Å². The zero-order valence-electron chi connectivity index (χ0n) is 21.5. The van der Waals surface area contributed by atoms with Crippen LogP contribution in [0.25, 0.3) is 0 Å². The molecule has 2 aliphatic rings. The van der Waals surface area contributed by atoms with Crippen LogP contribution in [-0.2, 0) is 17.8 Å². The third-order valence-electron chi connectivity index (χ3n) is 7.11. The Morgan fingerprint density at radius 2 is 1.92 bits per heavy atom. The predicted octanol–water partition coefficient (Wildman–Crippen LogP) is 7.03. The number of rotatable bonds is 10. The summed E-state index contributed by atoms with van der Waals surface area (Å²) in [5.41, 5.74) is 7.96. The Kier molecular flexibility index (Phi) is 9.16. The Morgan fingerprint density at radius 3 is 2.62 bits per heavy atom. The first-order valence-corrected chi connectivity index (χ1v) is 15.3. The fourth-order valence-electron chi connectivity index (χ4n) is 4.88. The zero-order chi connectivity index (χ0) is 27.7. The molecule has 0 radical (unpaired) electrons. The average Bonchev–Trinajstić information content (AvgIpc) is 3.44. The van der Waals surface area contributed by atoms with Crippen molar-refractivity contribution in [2.24, 2.45) is 11.7 Å². The van der Waals surface area contributed by atoms with Crippen LogP contribution in [-0.4, -0.2) is 47.6 Å². The molecular weight excluding hydrogens is 598 g/mol. The number of carbonyl (C=O) groups is 1. The number of aromatic nitrogens is 1. The molecule has 208 valence electrons. The number of ether oxygens (including phenoxy) is 1. The summed E-state index contributed by atoms with van der Waals surface area (Å²) in [5, 5.41) is 2.93. The second-order valence-corrected chi connectivity index (χ2v) is 12.9. The number of amides is 1. The number of aryl methyl sites for hydroxylation is 1. The minimum Gasteiger partial charge on any atom is -0.485 e. The monoisotopic (exact) mass is 626 g/mol. The van der Waals surface area contributed by atoms with Gasteiger partial charge < -0.3 is 20.3 Å². The predicted molar refractivity (Wildman–Crippen MR) is 161 cm³/mol. The van der Waals surface area contributed by atoms with Gasteiger partial charge in [0.1, 0.15) is 6.10 Å². The highest BCUT2D eigenvalue weighted by Crippen LogP contribution is 2.37. The first-order chi connectivity index (χ1) is 18.7. The lowest BCUT2D eigenvalue weighted by molar-refractivity contribution is -0.136. The van der Waals surface area contributed by atoms with Crippen LogP contribution in [0.3, 0.4) is 0 Å². The molecule has 0 bridgehead atoms. The van der Waals surface area contributed by atoms with Crippen LogP contribution in [0.4, 0.5) is 5.13 Å².